The molecular weight excluding hydrogens is 256 g/mol. The third-order valence-corrected chi connectivity index (χ3v) is 5.22. The van der Waals surface area contributed by atoms with Crippen molar-refractivity contribution in [2.75, 3.05) is 18.0 Å². The van der Waals surface area contributed by atoms with E-state index in [1.807, 2.05) is 0 Å². The van der Waals surface area contributed by atoms with E-state index in [1.165, 1.54) is 10.9 Å². The Morgan fingerprint density at radius 2 is 2.39 bits per heavy atom. The van der Waals surface area contributed by atoms with Crippen LogP contribution in [0.3, 0.4) is 0 Å². The van der Waals surface area contributed by atoms with E-state index in [0.717, 1.165) is 0 Å². The van der Waals surface area contributed by atoms with Crippen molar-refractivity contribution in [1.82, 2.24) is 15.1 Å². The van der Waals surface area contributed by atoms with Crippen LogP contribution in [0.15, 0.2) is 12.4 Å². The SMILES string of the molecule is Nc1cnn(CC(=O)NCC2CCCS2(=O)=O)c1. The van der Waals surface area contributed by atoms with Crippen LogP contribution in [0, 0.1) is 0 Å². The maximum atomic E-state index is 11.6. The van der Waals surface area contributed by atoms with Gasteiger partial charge >= 0.3 is 0 Å². The van der Waals surface area contributed by atoms with Gasteiger partial charge in [0.2, 0.25) is 5.91 Å². The largest absolute Gasteiger partial charge is 0.396 e. The molecule has 0 aliphatic carbocycles. The molecule has 1 amide bonds. The van der Waals surface area contributed by atoms with Gasteiger partial charge in [0, 0.05) is 12.7 Å². The molecule has 2 rings (SSSR count). The Morgan fingerprint density at radius 1 is 1.61 bits per heavy atom. The predicted molar refractivity (Wildman–Crippen MR) is 66.5 cm³/mol. The summed E-state index contributed by atoms with van der Waals surface area (Å²) in [4.78, 5) is 11.6. The third kappa shape index (κ3) is 3.00. The summed E-state index contributed by atoms with van der Waals surface area (Å²) in [7, 11) is -3.01. The van der Waals surface area contributed by atoms with Gasteiger partial charge in [0.15, 0.2) is 9.84 Å². The average Bonchev–Trinajstić information content (AvgIpc) is 2.82. The molecule has 7 nitrogen and oxygen atoms in total. The third-order valence-electron chi connectivity index (χ3n) is 2.95. The number of carbonyl (C=O) groups is 1. The number of sulfone groups is 1. The maximum Gasteiger partial charge on any atom is 0.241 e. The number of nitrogen functional groups attached to an aromatic ring is 1. The average molecular weight is 272 g/mol. The summed E-state index contributed by atoms with van der Waals surface area (Å²) in [6.45, 7) is 0.224. The maximum absolute atomic E-state index is 11.6. The van der Waals surface area contributed by atoms with Gasteiger partial charge in [-0.1, -0.05) is 0 Å². The second-order valence-corrected chi connectivity index (χ2v) is 6.81. The monoisotopic (exact) mass is 272 g/mol. The molecule has 8 heteroatoms. The van der Waals surface area contributed by atoms with Gasteiger partial charge in [-0.25, -0.2) is 8.42 Å². The number of hydrogen-bond acceptors (Lipinski definition) is 5. The molecule has 1 fully saturated rings. The van der Waals surface area contributed by atoms with Crippen LogP contribution in [0.4, 0.5) is 5.69 Å². The first-order valence-electron chi connectivity index (χ1n) is 5.73. The van der Waals surface area contributed by atoms with Gasteiger partial charge in [0.1, 0.15) is 6.54 Å². The molecule has 1 saturated heterocycles. The van der Waals surface area contributed by atoms with Gasteiger partial charge in [-0.05, 0) is 12.8 Å². The van der Waals surface area contributed by atoms with E-state index in [-0.39, 0.29) is 24.7 Å². The van der Waals surface area contributed by atoms with Crippen molar-refractivity contribution in [2.45, 2.75) is 24.6 Å². The molecule has 3 N–H and O–H groups in total. The normalized spacial score (nSPS) is 21.9. The molecule has 0 spiro atoms. The lowest BCUT2D eigenvalue weighted by atomic mass is 10.2. The molecule has 1 atom stereocenters. The van der Waals surface area contributed by atoms with Crippen LogP contribution in [-0.2, 0) is 21.2 Å². The van der Waals surface area contributed by atoms with E-state index < -0.39 is 15.1 Å². The summed E-state index contributed by atoms with van der Waals surface area (Å²) in [5, 5.41) is 6.05. The molecule has 1 aromatic heterocycles. The summed E-state index contributed by atoms with van der Waals surface area (Å²) in [5.41, 5.74) is 5.96. The summed E-state index contributed by atoms with van der Waals surface area (Å²) in [6.07, 6.45) is 4.30. The predicted octanol–water partition coefficient (Wildman–Crippen LogP) is -0.841. The molecule has 0 saturated carbocycles. The van der Waals surface area contributed by atoms with Crippen molar-refractivity contribution in [3.63, 3.8) is 0 Å². The molecule has 0 aromatic carbocycles. The summed E-state index contributed by atoms with van der Waals surface area (Å²) >= 11 is 0. The highest BCUT2D eigenvalue weighted by atomic mass is 32.2. The smallest absolute Gasteiger partial charge is 0.241 e. The Kier molecular flexibility index (Phi) is 3.55. The number of anilines is 1. The lowest BCUT2D eigenvalue weighted by molar-refractivity contribution is -0.121. The van der Waals surface area contributed by atoms with E-state index in [4.69, 9.17) is 5.73 Å². The molecule has 100 valence electrons. The molecule has 0 bridgehead atoms. The topological polar surface area (TPSA) is 107 Å². The van der Waals surface area contributed by atoms with Gasteiger partial charge in [0.25, 0.3) is 0 Å². The molecule has 1 aromatic rings. The van der Waals surface area contributed by atoms with Gasteiger partial charge in [-0.2, -0.15) is 5.10 Å². The Hall–Kier alpha value is -1.57. The number of carbonyl (C=O) groups excluding carboxylic acids is 1. The zero-order valence-electron chi connectivity index (χ0n) is 9.87. The highest BCUT2D eigenvalue weighted by molar-refractivity contribution is 7.92. The number of hydrogen-bond donors (Lipinski definition) is 2. The number of aromatic nitrogens is 2. The molecular formula is C10H16N4O3S. The molecule has 1 aliphatic rings. The molecule has 0 radical (unpaired) electrons. The van der Waals surface area contributed by atoms with Crippen LogP contribution in [0.1, 0.15) is 12.8 Å². The summed E-state index contributed by atoms with van der Waals surface area (Å²) in [6, 6.07) is 0. The second-order valence-electron chi connectivity index (χ2n) is 4.41. The van der Waals surface area contributed by atoms with E-state index in [2.05, 4.69) is 10.4 Å². The quantitative estimate of drug-likeness (QED) is 0.743. The highest BCUT2D eigenvalue weighted by Crippen LogP contribution is 2.18. The molecule has 2 heterocycles. The fourth-order valence-corrected chi connectivity index (χ4v) is 3.75. The number of rotatable bonds is 4. The fourth-order valence-electron chi connectivity index (χ4n) is 1.98. The van der Waals surface area contributed by atoms with Crippen LogP contribution in [0.5, 0.6) is 0 Å². The van der Waals surface area contributed by atoms with Gasteiger partial charge < -0.3 is 11.1 Å². The standard InChI is InChI=1S/C10H16N4O3S/c11-8-4-13-14(6-8)7-10(15)12-5-9-2-1-3-18(9,16)17/h4,6,9H,1-3,5,7,11H2,(H,12,15). The lowest BCUT2D eigenvalue weighted by Gasteiger charge is -2.10. The van der Waals surface area contributed by atoms with E-state index in [1.54, 1.807) is 6.20 Å². The highest BCUT2D eigenvalue weighted by Gasteiger charge is 2.31. The van der Waals surface area contributed by atoms with Gasteiger partial charge in [-0.3, -0.25) is 9.48 Å². The first-order valence-corrected chi connectivity index (χ1v) is 7.45. The number of nitrogens with one attached hydrogen (secondary N) is 1. The van der Waals surface area contributed by atoms with Crippen molar-refractivity contribution in [2.24, 2.45) is 0 Å². The Balaban J connectivity index is 1.82. The number of nitrogens with two attached hydrogens (primary N) is 1. The minimum absolute atomic E-state index is 0.0456. The van der Waals surface area contributed by atoms with E-state index in [0.29, 0.717) is 18.5 Å². The van der Waals surface area contributed by atoms with E-state index in [9.17, 15) is 13.2 Å². The first-order chi connectivity index (χ1) is 8.47. The Bertz CT molecular complexity index is 537. The molecule has 18 heavy (non-hydrogen) atoms. The summed E-state index contributed by atoms with van der Waals surface area (Å²) < 4.78 is 24.5. The minimum Gasteiger partial charge on any atom is -0.396 e. The minimum atomic E-state index is -3.01. The van der Waals surface area contributed by atoms with Gasteiger partial charge in [-0.15, -0.1) is 0 Å². The lowest BCUT2D eigenvalue weighted by Crippen LogP contribution is -2.36. The van der Waals surface area contributed by atoms with Crippen LogP contribution < -0.4 is 11.1 Å². The Morgan fingerprint density at radius 3 is 2.94 bits per heavy atom. The molecule has 1 unspecified atom stereocenters. The van der Waals surface area contributed by atoms with Crippen molar-refractivity contribution < 1.29 is 13.2 Å². The van der Waals surface area contributed by atoms with Crippen molar-refractivity contribution >= 4 is 21.4 Å². The Labute approximate surface area is 105 Å². The second kappa shape index (κ2) is 4.97. The van der Waals surface area contributed by atoms with Gasteiger partial charge in [0.05, 0.1) is 22.9 Å². The zero-order valence-corrected chi connectivity index (χ0v) is 10.7. The van der Waals surface area contributed by atoms with E-state index >= 15 is 0 Å². The summed E-state index contributed by atoms with van der Waals surface area (Å²) in [5.74, 6) is -0.0383. The van der Waals surface area contributed by atoms with Crippen molar-refractivity contribution in [1.29, 1.82) is 0 Å². The van der Waals surface area contributed by atoms with Crippen LogP contribution in [-0.4, -0.2) is 41.7 Å². The molecule has 1 aliphatic heterocycles. The number of amides is 1. The zero-order chi connectivity index (χ0) is 13.2. The first kappa shape index (κ1) is 12.9. The van der Waals surface area contributed by atoms with Crippen molar-refractivity contribution in [3.8, 4) is 0 Å². The van der Waals surface area contributed by atoms with Crippen LogP contribution in [0.2, 0.25) is 0 Å². The van der Waals surface area contributed by atoms with Crippen LogP contribution in [0.25, 0.3) is 0 Å². The van der Waals surface area contributed by atoms with Crippen LogP contribution >= 0.6 is 0 Å². The fraction of sp³-hybridized carbons (Fsp3) is 0.600. The number of nitrogens with zero attached hydrogens (tertiary/aromatic N) is 2. The van der Waals surface area contributed by atoms with Crippen molar-refractivity contribution in [3.05, 3.63) is 12.4 Å².